The van der Waals surface area contributed by atoms with Gasteiger partial charge in [0, 0.05) is 6.07 Å². The van der Waals surface area contributed by atoms with Gasteiger partial charge in [-0.15, -0.1) is 10.2 Å². The van der Waals surface area contributed by atoms with E-state index in [2.05, 4.69) is 14.9 Å². The van der Waals surface area contributed by atoms with Crippen molar-refractivity contribution in [2.45, 2.75) is 6.18 Å². The smallest absolute Gasteiger partial charge is 0.445 e. The van der Waals surface area contributed by atoms with Crippen molar-refractivity contribution in [2.24, 2.45) is 5.73 Å². The van der Waals surface area contributed by atoms with Gasteiger partial charge in [0.15, 0.2) is 17.3 Å². The van der Waals surface area contributed by atoms with Crippen molar-refractivity contribution in [1.82, 2.24) is 10.2 Å². The van der Waals surface area contributed by atoms with Crippen LogP contribution in [0.2, 0.25) is 0 Å². The number of alkyl halides is 3. The van der Waals surface area contributed by atoms with E-state index in [1.54, 1.807) is 0 Å². The molecule has 1 aromatic carbocycles. The molecule has 0 unspecified atom stereocenters. The fourth-order valence-electron chi connectivity index (χ4n) is 1.86. The number of amides is 2. The third-order valence-electron chi connectivity index (χ3n) is 2.83. The number of aromatic nitrogens is 2. The molecule has 0 aliphatic heterocycles. The monoisotopic (exact) mass is 384 g/mol. The van der Waals surface area contributed by atoms with Crippen molar-refractivity contribution < 1.29 is 36.2 Å². The lowest BCUT2D eigenvalue weighted by Crippen LogP contribution is -2.32. The van der Waals surface area contributed by atoms with E-state index in [1.165, 1.54) is 0 Å². The number of hydrogen-bond donors (Lipinski definition) is 1. The molecule has 2 aromatic rings. The molecular formula is C12H9F5N4O3S. The molecule has 2 amide bonds. The summed E-state index contributed by atoms with van der Waals surface area (Å²) >= 11 is -0.0419. The number of anilines is 2. The fourth-order valence-corrected chi connectivity index (χ4v) is 2.59. The van der Waals surface area contributed by atoms with Crippen LogP contribution in [0.3, 0.4) is 0 Å². The van der Waals surface area contributed by atoms with E-state index in [0.717, 1.165) is 14.2 Å². The van der Waals surface area contributed by atoms with Crippen LogP contribution >= 0.6 is 11.3 Å². The molecule has 0 fully saturated rings. The average Bonchev–Trinajstić information content (AvgIpc) is 2.97. The van der Waals surface area contributed by atoms with Crippen LogP contribution in [0, 0.1) is 11.6 Å². The molecule has 2 N–H and O–H groups in total. The minimum Gasteiger partial charge on any atom is -0.491 e. The standard InChI is InChI=1S/C12H9F5N4O3S/c1-23-7-4(13)3-5(8(24-2)6(7)14)21(10(18)22)11-20-19-9(25-11)12(15,16)17/h3H,1-2H3,(H2,18,22). The number of carbonyl (C=O) groups excluding carboxylic acids is 1. The molecule has 0 aliphatic carbocycles. The minimum absolute atomic E-state index is 0.0419. The average molecular weight is 384 g/mol. The van der Waals surface area contributed by atoms with Gasteiger partial charge < -0.3 is 15.2 Å². The molecule has 7 nitrogen and oxygen atoms in total. The van der Waals surface area contributed by atoms with Crippen molar-refractivity contribution in [3.63, 3.8) is 0 Å². The topological polar surface area (TPSA) is 90.6 Å². The maximum atomic E-state index is 14.2. The van der Waals surface area contributed by atoms with Gasteiger partial charge in [-0.1, -0.05) is 11.3 Å². The second-order valence-electron chi connectivity index (χ2n) is 4.32. The molecule has 0 spiro atoms. The lowest BCUT2D eigenvalue weighted by molar-refractivity contribution is -0.138. The summed E-state index contributed by atoms with van der Waals surface area (Å²) in [6.07, 6.45) is -4.82. The van der Waals surface area contributed by atoms with Crippen LogP contribution in [0.1, 0.15) is 5.01 Å². The number of ether oxygens (including phenoxy) is 2. The van der Waals surface area contributed by atoms with Crippen LogP contribution in [-0.2, 0) is 6.18 Å². The summed E-state index contributed by atoms with van der Waals surface area (Å²) in [6.45, 7) is 0. The van der Waals surface area contributed by atoms with E-state index < -0.39 is 51.2 Å². The zero-order chi connectivity index (χ0) is 18.9. The van der Waals surface area contributed by atoms with Gasteiger partial charge in [-0.3, -0.25) is 0 Å². The number of rotatable bonds is 4. The number of nitrogens with two attached hydrogens (primary N) is 1. The Morgan fingerprint density at radius 1 is 1.20 bits per heavy atom. The number of hydrogen-bond acceptors (Lipinski definition) is 6. The molecule has 25 heavy (non-hydrogen) atoms. The maximum Gasteiger partial charge on any atom is 0.445 e. The first-order valence-electron chi connectivity index (χ1n) is 6.22. The molecule has 2 rings (SSSR count). The lowest BCUT2D eigenvalue weighted by Gasteiger charge is -2.21. The van der Waals surface area contributed by atoms with Gasteiger partial charge in [0.1, 0.15) is 5.69 Å². The normalized spacial score (nSPS) is 11.3. The predicted octanol–water partition coefficient (Wildman–Crippen LogP) is 3.07. The highest BCUT2D eigenvalue weighted by atomic mass is 32.1. The van der Waals surface area contributed by atoms with Gasteiger partial charge in [-0.2, -0.15) is 17.6 Å². The summed E-state index contributed by atoms with van der Waals surface area (Å²) in [5, 5.41) is 4.07. The molecule has 136 valence electrons. The van der Waals surface area contributed by atoms with E-state index in [-0.39, 0.29) is 11.3 Å². The number of primary amides is 1. The van der Waals surface area contributed by atoms with Gasteiger partial charge in [0.2, 0.25) is 16.0 Å². The quantitative estimate of drug-likeness (QED) is 0.819. The second kappa shape index (κ2) is 6.66. The summed E-state index contributed by atoms with van der Waals surface area (Å²) in [7, 11) is 1.99. The highest BCUT2D eigenvalue weighted by Gasteiger charge is 2.37. The van der Waals surface area contributed by atoms with Gasteiger partial charge in [0.05, 0.1) is 14.2 Å². The van der Waals surface area contributed by atoms with Crippen molar-refractivity contribution in [3.8, 4) is 11.5 Å². The van der Waals surface area contributed by atoms with Gasteiger partial charge in [0.25, 0.3) is 0 Å². The van der Waals surface area contributed by atoms with Crippen LogP contribution in [0.5, 0.6) is 11.5 Å². The zero-order valence-electron chi connectivity index (χ0n) is 12.5. The number of nitrogens with zero attached hydrogens (tertiary/aromatic N) is 3. The number of carbonyl (C=O) groups is 1. The van der Waals surface area contributed by atoms with Crippen LogP contribution in [0.4, 0.5) is 37.6 Å². The van der Waals surface area contributed by atoms with Gasteiger partial charge >= 0.3 is 12.2 Å². The molecule has 1 aromatic heterocycles. The fraction of sp³-hybridized carbons (Fsp3) is 0.250. The molecule has 13 heteroatoms. The number of methoxy groups -OCH3 is 2. The molecule has 0 saturated heterocycles. The van der Waals surface area contributed by atoms with E-state index >= 15 is 0 Å². The van der Waals surface area contributed by atoms with Crippen LogP contribution in [0.15, 0.2) is 6.07 Å². The predicted molar refractivity (Wildman–Crippen MR) is 76.1 cm³/mol. The summed E-state index contributed by atoms with van der Waals surface area (Å²) in [6, 6.07) is -0.743. The van der Waals surface area contributed by atoms with E-state index in [4.69, 9.17) is 10.5 Å². The highest BCUT2D eigenvalue weighted by Crippen LogP contribution is 2.43. The van der Waals surface area contributed by atoms with Crippen molar-refractivity contribution in [1.29, 1.82) is 0 Å². The molecule has 0 radical (unpaired) electrons. The van der Waals surface area contributed by atoms with Crippen molar-refractivity contribution >= 4 is 28.2 Å². The first kappa shape index (κ1) is 18.6. The van der Waals surface area contributed by atoms with E-state index in [1.807, 2.05) is 0 Å². The Labute approximate surface area is 140 Å². The number of urea groups is 1. The first-order chi connectivity index (χ1) is 11.6. The van der Waals surface area contributed by atoms with Crippen molar-refractivity contribution in [3.05, 3.63) is 22.7 Å². The summed E-state index contributed by atoms with van der Waals surface area (Å²) in [5.41, 5.74) is 4.53. The molecule has 0 bridgehead atoms. The van der Waals surface area contributed by atoms with E-state index in [9.17, 15) is 26.7 Å². The highest BCUT2D eigenvalue weighted by molar-refractivity contribution is 7.15. The third-order valence-corrected chi connectivity index (χ3v) is 3.78. The van der Waals surface area contributed by atoms with Gasteiger partial charge in [-0.25, -0.2) is 14.1 Å². The SMILES string of the molecule is COc1c(F)cc(N(C(N)=O)c2nnc(C(F)(F)F)s2)c(OC)c1F. The Kier molecular flexibility index (Phi) is 4.97. The lowest BCUT2D eigenvalue weighted by atomic mass is 10.2. The van der Waals surface area contributed by atoms with Crippen molar-refractivity contribution in [2.75, 3.05) is 19.1 Å². The zero-order valence-corrected chi connectivity index (χ0v) is 13.3. The molecule has 0 atom stereocenters. The molecule has 0 saturated carbocycles. The first-order valence-corrected chi connectivity index (χ1v) is 7.03. The molecule has 0 aliphatic rings. The Morgan fingerprint density at radius 3 is 2.24 bits per heavy atom. The summed E-state index contributed by atoms with van der Waals surface area (Å²) in [5.74, 6) is -4.03. The number of halogens is 5. The van der Waals surface area contributed by atoms with Crippen LogP contribution < -0.4 is 20.1 Å². The van der Waals surface area contributed by atoms with E-state index in [0.29, 0.717) is 11.0 Å². The summed E-state index contributed by atoms with van der Waals surface area (Å²) in [4.78, 5) is 12.0. The molecular weight excluding hydrogens is 375 g/mol. The summed E-state index contributed by atoms with van der Waals surface area (Å²) < 4.78 is 75.4. The Morgan fingerprint density at radius 2 is 1.80 bits per heavy atom. The Balaban J connectivity index is 2.66. The molecule has 1 heterocycles. The Bertz CT molecular complexity index is 811. The maximum absolute atomic E-state index is 14.2. The van der Waals surface area contributed by atoms with Gasteiger partial charge in [-0.05, 0) is 0 Å². The Hall–Kier alpha value is -2.70. The second-order valence-corrected chi connectivity index (χ2v) is 5.28. The van der Waals surface area contributed by atoms with Crippen LogP contribution in [0.25, 0.3) is 0 Å². The minimum atomic E-state index is -4.82. The number of benzene rings is 1. The largest absolute Gasteiger partial charge is 0.491 e. The third kappa shape index (κ3) is 3.40. The van der Waals surface area contributed by atoms with Crippen LogP contribution in [-0.4, -0.2) is 30.4 Å².